The highest BCUT2D eigenvalue weighted by Crippen LogP contribution is 1.97. The second-order valence-electron chi connectivity index (χ2n) is 2.05. The summed E-state index contributed by atoms with van der Waals surface area (Å²) in [7, 11) is 0. The molecule has 0 spiro atoms. The highest BCUT2D eigenvalue weighted by molar-refractivity contribution is 5.70. The second-order valence-corrected chi connectivity index (χ2v) is 2.05. The monoisotopic (exact) mass is 168 g/mol. The van der Waals surface area contributed by atoms with Crippen LogP contribution in [0.15, 0.2) is 6.20 Å². The lowest BCUT2D eigenvalue weighted by molar-refractivity contribution is 0.149. The molecule has 65 valence electrons. The topological polar surface area (TPSA) is 70.1 Å². The zero-order chi connectivity index (χ0) is 8.97. The maximum Gasteiger partial charge on any atom is 0.434 e. The number of carbonyl (C=O) groups excluding carboxylic acids is 1. The van der Waals surface area contributed by atoms with Crippen LogP contribution >= 0.6 is 0 Å². The van der Waals surface area contributed by atoms with E-state index in [0.29, 0.717) is 12.3 Å². The van der Waals surface area contributed by atoms with Crippen LogP contribution < -0.4 is 5.73 Å². The first-order valence-electron chi connectivity index (χ1n) is 3.61. The average Bonchev–Trinajstić information content (AvgIpc) is 2.51. The van der Waals surface area contributed by atoms with Gasteiger partial charge in [-0.1, -0.05) is 0 Å². The first-order chi connectivity index (χ1) is 5.79. The Balaban J connectivity index is 2.79. The first-order valence-corrected chi connectivity index (χ1v) is 3.61. The summed E-state index contributed by atoms with van der Waals surface area (Å²) in [6, 6.07) is 2.72. The number of ether oxygens (including phenoxy) is 1. The van der Waals surface area contributed by atoms with Gasteiger partial charge in [-0.3, -0.25) is 0 Å². The van der Waals surface area contributed by atoms with Crippen molar-refractivity contribution in [2.75, 3.05) is 6.61 Å². The molecular formula is C7H10N3O2. The van der Waals surface area contributed by atoms with Crippen LogP contribution in [0.3, 0.4) is 0 Å². The molecule has 2 N–H and O–H groups in total. The van der Waals surface area contributed by atoms with E-state index in [1.54, 1.807) is 6.92 Å². The van der Waals surface area contributed by atoms with Crippen LogP contribution in [0.5, 0.6) is 0 Å². The van der Waals surface area contributed by atoms with Crippen molar-refractivity contribution in [3.05, 3.63) is 18.0 Å². The summed E-state index contributed by atoms with van der Waals surface area (Å²) in [5, 5.41) is 3.71. The van der Waals surface area contributed by atoms with Crippen LogP contribution in [0.2, 0.25) is 0 Å². The van der Waals surface area contributed by atoms with Crippen LogP contribution in [-0.2, 0) is 11.3 Å². The fourth-order valence-electron chi connectivity index (χ4n) is 0.779. The third-order valence-corrected chi connectivity index (χ3v) is 1.29. The van der Waals surface area contributed by atoms with Crippen molar-refractivity contribution in [1.82, 2.24) is 9.78 Å². The fourth-order valence-corrected chi connectivity index (χ4v) is 0.779. The van der Waals surface area contributed by atoms with E-state index >= 15 is 0 Å². The van der Waals surface area contributed by atoms with Crippen molar-refractivity contribution in [1.29, 1.82) is 0 Å². The zero-order valence-corrected chi connectivity index (χ0v) is 6.78. The number of hydrogen-bond acceptors (Lipinski definition) is 4. The van der Waals surface area contributed by atoms with Crippen LogP contribution in [-0.4, -0.2) is 22.5 Å². The normalized spacial score (nSPS) is 9.83. The molecule has 1 aromatic heterocycles. The summed E-state index contributed by atoms with van der Waals surface area (Å²) in [5.74, 6) is 0. The smallest absolute Gasteiger partial charge is 0.434 e. The Bertz CT molecular complexity index is 269. The minimum absolute atomic E-state index is 0.221. The van der Waals surface area contributed by atoms with Crippen molar-refractivity contribution in [2.24, 2.45) is 5.73 Å². The maximum atomic E-state index is 11.1. The second kappa shape index (κ2) is 3.87. The Kier molecular flexibility index (Phi) is 2.82. The van der Waals surface area contributed by atoms with Crippen molar-refractivity contribution < 1.29 is 9.53 Å². The largest absolute Gasteiger partial charge is 0.448 e. The molecule has 1 radical (unpaired) electrons. The molecule has 1 rings (SSSR count). The van der Waals surface area contributed by atoms with Crippen molar-refractivity contribution in [3.63, 3.8) is 0 Å². The van der Waals surface area contributed by atoms with Crippen LogP contribution in [0.1, 0.15) is 12.6 Å². The molecule has 0 aromatic carbocycles. The minimum Gasteiger partial charge on any atom is -0.448 e. The van der Waals surface area contributed by atoms with E-state index < -0.39 is 6.09 Å². The molecule has 1 aromatic rings. The molecule has 12 heavy (non-hydrogen) atoms. The third-order valence-electron chi connectivity index (χ3n) is 1.29. The number of rotatable bonds is 2. The Morgan fingerprint density at radius 3 is 3.25 bits per heavy atom. The molecule has 0 aliphatic rings. The molecule has 0 amide bonds. The number of carbonyl (C=O) groups is 1. The molecule has 0 saturated heterocycles. The lowest BCUT2D eigenvalue weighted by Gasteiger charge is -2.02. The minimum atomic E-state index is -0.515. The Morgan fingerprint density at radius 2 is 2.67 bits per heavy atom. The fraction of sp³-hybridized carbons (Fsp3) is 0.429. The molecule has 1 heterocycles. The van der Waals surface area contributed by atoms with Crippen molar-refractivity contribution >= 4 is 6.09 Å². The first kappa shape index (κ1) is 8.73. The third kappa shape index (κ3) is 1.62. The van der Waals surface area contributed by atoms with Crippen LogP contribution in [0, 0.1) is 6.07 Å². The van der Waals surface area contributed by atoms with Gasteiger partial charge in [0.1, 0.15) is 0 Å². The van der Waals surface area contributed by atoms with Gasteiger partial charge in [-0.2, -0.15) is 9.78 Å². The van der Waals surface area contributed by atoms with E-state index in [1.165, 1.54) is 6.20 Å². The SMILES string of the molecule is CCOC(=O)n1nc[c]c1CN. The maximum absolute atomic E-state index is 11.1. The number of nitrogens with two attached hydrogens (primary N) is 1. The van der Waals surface area contributed by atoms with Gasteiger partial charge in [0.05, 0.1) is 18.5 Å². The molecule has 0 fully saturated rings. The van der Waals surface area contributed by atoms with Gasteiger partial charge >= 0.3 is 6.09 Å². The molecule has 0 bridgehead atoms. The van der Waals surface area contributed by atoms with E-state index in [1.807, 2.05) is 0 Å². The molecule has 0 unspecified atom stereocenters. The van der Waals surface area contributed by atoms with Gasteiger partial charge in [-0.05, 0) is 6.92 Å². The van der Waals surface area contributed by atoms with Crippen LogP contribution in [0.25, 0.3) is 0 Å². The Hall–Kier alpha value is -1.36. The lowest BCUT2D eigenvalue weighted by Crippen LogP contribution is -2.19. The van der Waals surface area contributed by atoms with E-state index in [9.17, 15) is 4.79 Å². The van der Waals surface area contributed by atoms with Gasteiger partial charge in [-0.15, -0.1) is 0 Å². The van der Waals surface area contributed by atoms with Crippen molar-refractivity contribution in [2.45, 2.75) is 13.5 Å². The summed E-state index contributed by atoms with van der Waals surface area (Å²) in [5.41, 5.74) is 5.85. The number of nitrogens with zero attached hydrogens (tertiary/aromatic N) is 2. The molecule has 5 heteroatoms. The van der Waals surface area contributed by atoms with E-state index in [0.717, 1.165) is 4.68 Å². The summed E-state index contributed by atoms with van der Waals surface area (Å²) >= 11 is 0. The average molecular weight is 168 g/mol. The number of aromatic nitrogens is 2. The van der Waals surface area contributed by atoms with E-state index in [-0.39, 0.29) is 6.54 Å². The van der Waals surface area contributed by atoms with Crippen LogP contribution in [0.4, 0.5) is 4.79 Å². The summed E-state index contributed by atoms with van der Waals surface area (Å²) < 4.78 is 5.82. The molecule has 5 nitrogen and oxygen atoms in total. The van der Waals surface area contributed by atoms with Crippen molar-refractivity contribution in [3.8, 4) is 0 Å². The van der Waals surface area contributed by atoms with E-state index in [4.69, 9.17) is 10.5 Å². The molecular weight excluding hydrogens is 158 g/mol. The summed E-state index contributed by atoms with van der Waals surface area (Å²) in [4.78, 5) is 11.1. The van der Waals surface area contributed by atoms with Gasteiger partial charge in [0.25, 0.3) is 0 Å². The van der Waals surface area contributed by atoms with E-state index in [2.05, 4.69) is 11.2 Å². The van der Waals surface area contributed by atoms with Gasteiger partial charge in [-0.25, -0.2) is 4.79 Å². The highest BCUT2D eigenvalue weighted by Gasteiger charge is 2.09. The molecule has 0 saturated carbocycles. The molecule has 0 aliphatic heterocycles. The quantitative estimate of drug-likeness (QED) is 0.682. The molecule has 0 atom stereocenters. The summed E-state index contributed by atoms with van der Waals surface area (Å²) in [6.45, 7) is 2.27. The Labute approximate surface area is 70.1 Å². The predicted molar refractivity (Wildman–Crippen MR) is 41.4 cm³/mol. The predicted octanol–water partition coefficient (Wildman–Crippen LogP) is 0.147. The zero-order valence-electron chi connectivity index (χ0n) is 6.78. The van der Waals surface area contributed by atoms with Gasteiger partial charge < -0.3 is 10.5 Å². The standard InChI is InChI=1S/C7H10N3O2/c1-2-12-7(11)10-6(5-8)3-4-9-10/h4H,2,5,8H2,1H3. The van der Waals surface area contributed by atoms with Gasteiger partial charge in [0.15, 0.2) is 0 Å². The van der Waals surface area contributed by atoms with Gasteiger partial charge in [0, 0.05) is 12.6 Å². The lowest BCUT2D eigenvalue weighted by atomic mass is 10.4. The number of hydrogen-bond donors (Lipinski definition) is 1. The summed E-state index contributed by atoms with van der Waals surface area (Å²) in [6.07, 6.45) is 0.873. The highest BCUT2D eigenvalue weighted by atomic mass is 16.5. The molecule has 0 aliphatic carbocycles. The van der Waals surface area contributed by atoms with Gasteiger partial charge in [0.2, 0.25) is 0 Å². The Morgan fingerprint density at radius 1 is 1.92 bits per heavy atom.